The lowest BCUT2D eigenvalue weighted by Gasteiger charge is -2.21. The molecule has 0 N–H and O–H groups in total. The first-order valence-electron chi connectivity index (χ1n) is 8.00. The van der Waals surface area contributed by atoms with Gasteiger partial charge in [-0.15, -0.1) is 23.1 Å². The number of aromatic nitrogens is 2. The van der Waals surface area contributed by atoms with Gasteiger partial charge < -0.3 is 14.1 Å². The molecule has 3 rings (SSSR count). The maximum atomic E-state index is 12.5. The summed E-state index contributed by atoms with van der Waals surface area (Å²) in [7, 11) is 1.61. The molecule has 0 atom stereocenters. The number of carbonyl (C=O) groups excluding carboxylic acids is 1. The smallest absolute Gasteiger partial charge is 0.258 e. The minimum Gasteiger partial charge on any atom is -0.467 e. The number of carbonyl (C=O) groups is 1. The Morgan fingerprint density at radius 2 is 2.38 bits per heavy atom. The lowest BCUT2D eigenvalue weighted by Crippen LogP contribution is -2.34. The Kier molecular flexibility index (Phi) is 6.48. The number of rotatable bonds is 9. The average molecular weight is 393 g/mol. The fourth-order valence-electron chi connectivity index (χ4n) is 2.38. The molecule has 0 saturated heterocycles. The number of ether oxygens (including phenoxy) is 1. The third kappa shape index (κ3) is 4.75. The Balaban J connectivity index is 1.57. The van der Waals surface area contributed by atoms with Crippen LogP contribution in [-0.2, 0) is 21.8 Å². The van der Waals surface area contributed by atoms with Crippen molar-refractivity contribution >= 4 is 34.0 Å². The molecule has 0 bridgehead atoms. The van der Waals surface area contributed by atoms with Crippen molar-refractivity contribution in [3.05, 3.63) is 57.8 Å². The van der Waals surface area contributed by atoms with Gasteiger partial charge in [-0.2, -0.15) is 0 Å². The molecule has 138 valence electrons. The molecule has 0 aromatic carbocycles. The number of thiazole rings is 1. The summed E-state index contributed by atoms with van der Waals surface area (Å²) in [4.78, 5) is 31.3. The normalized spacial score (nSPS) is 11.1. The molecule has 26 heavy (non-hydrogen) atoms. The summed E-state index contributed by atoms with van der Waals surface area (Å²) in [6.45, 7) is 1.37. The van der Waals surface area contributed by atoms with Crippen LogP contribution in [0.2, 0.25) is 0 Å². The van der Waals surface area contributed by atoms with E-state index in [4.69, 9.17) is 9.15 Å². The van der Waals surface area contributed by atoms with E-state index in [0.29, 0.717) is 41.9 Å². The van der Waals surface area contributed by atoms with Crippen LogP contribution >= 0.6 is 23.1 Å². The fourth-order valence-corrected chi connectivity index (χ4v) is 3.93. The quantitative estimate of drug-likeness (QED) is 0.555. The summed E-state index contributed by atoms with van der Waals surface area (Å²) in [5, 5.41) is 1.83. The van der Waals surface area contributed by atoms with E-state index in [2.05, 4.69) is 4.98 Å². The zero-order chi connectivity index (χ0) is 18.4. The lowest BCUT2D eigenvalue weighted by atomic mass is 10.4. The van der Waals surface area contributed by atoms with Crippen molar-refractivity contribution in [2.75, 3.05) is 26.0 Å². The third-order valence-electron chi connectivity index (χ3n) is 3.68. The molecule has 1 amide bonds. The molecular weight excluding hydrogens is 374 g/mol. The van der Waals surface area contributed by atoms with Crippen LogP contribution in [0.4, 0.5) is 0 Å². The van der Waals surface area contributed by atoms with Crippen LogP contribution in [0.25, 0.3) is 4.96 Å². The zero-order valence-electron chi connectivity index (χ0n) is 14.3. The summed E-state index contributed by atoms with van der Waals surface area (Å²) in [5.41, 5.74) is 0.586. The Morgan fingerprint density at radius 1 is 1.50 bits per heavy atom. The number of methoxy groups -OCH3 is 1. The van der Waals surface area contributed by atoms with Gasteiger partial charge in [-0.3, -0.25) is 14.0 Å². The van der Waals surface area contributed by atoms with Crippen LogP contribution in [0, 0.1) is 0 Å². The summed E-state index contributed by atoms with van der Waals surface area (Å²) in [6, 6.07) is 5.16. The minimum atomic E-state index is -0.0993. The largest absolute Gasteiger partial charge is 0.467 e. The van der Waals surface area contributed by atoms with E-state index in [-0.39, 0.29) is 11.5 Å². The first-order chi connectivity index (χ1) is 12.7. The van der Waals surface area contributed by atoms with Gasteiger partial charge in [-0.05, 0) is 12.1 Å². The van der Waals surface area contributed by atoms with E-state index >= 15 is 0 Å². The van der Waals surface area contributed by atoms with Crippen LogP contribution in [0.15, 0.2) is 45.3 Å². The molecule has 3 heterocycles. The van der Waals surface area contributed by atoms with Crippen molar-refractivity contribution in [2.24, 2.45) is 0 Å². The van der Waals surface area contributed by atoms with Crippen molar-refractivity contribution in [3.63, 3.8) is 0 Å². The number of fused-ring (bicyclic) bond motifs is 1. The second-order valence-corrected chi connectivity index (χ2v) is 7.38. The molecule has 7 nitrogen and oxygen atoms in total. The molecule has 0 unspecified atom stereocenters. The number of hydrogen-bond acceptors (Lipinski definition) is 7. The van der Waals surface area contributed by atoms with Crippen molar-refractivity contribution in [1.82, 2.24) is 14.3 Å². The molecule has 3 aromatic heterocycles. The lowest BCUT2D eigenvalue weighted by molar-refractivity contribution is -0.129. The van der Waals surface area contributed by atoms with E-state index in [1.54, 1.807) is 30.5 Å². The fraction of sp³-hybridized carbons (Fsp3) is 0.353. The molecule has 0 aliphatic carbocycles. The van der Waals surface area contributed by atoms with Crippen molar-refractivity contribution in [1.29, 1.82) is 0 Å². The number of nitrogens with zero attached hydrogens (tertiary/aromatic N) is 3. The molecule has 0 radical (unpaired) electrons. The van der Waals surface area contributed by atoms with Crippen molar-refractivity contribution in [3.8, 4) is 0 Å². The van der Waals surface area contributed by atoms with Crippen molar-refractivity contribution in [2.45, 2.75) is 12.3 Å². The van der Waals surface area contributed by atoms with Crippen LogP contribution in [0.3, 0.4) is 0 Å². The first kappa shape index (κ1) is 18.7. The second kappa shape index (κ2) is 9.02. The topological polar surface area (TPSA) is 77.0 Å². The summed E-state index contributed by atoms with van der Waals surface area (Å²) < 4.78 is 11.9. The molecule has 0 saturated carbocycles. The monoisotopic (exact) mass is 393 g/mol. The summed E-state index contributed by atoms with van der Waals surface area (Å²) in [6.07, 6.45) is 3.30. The van der Waals surface area contributed by atoms with E-state index in [9.17, 15) is 9.59 Å². The minimum absolute atomic E-state index is 0.00243. The van der Waals surface area contributed by atoms with Crippen molar-refractivity contribution < 1.29 is 13.9 Å². The highest BCUT2D eigenvalue weighted by Gasteiger charge is 2.15. The number of amides is 1. The predicted molar refractivity (Wildman–Crippen MR) is 102 cm³/mol. The molecule has 0 aliphatic heterocycles. The predicted octanol–water partition coefficient (Wildman–Crippen LogP) is 2.26. The van der Waals surface area contributed by atoms with E-state index in [1.807, 2.05) is 11.4 Å². The van der Waals surface area contributed by atoms with Gasteiger partial charge in [0.25, 0.3) is 5.56 Å². The van der Waals surface area contributed by atoms with Gasteiger partial charge in [0.2, 0.25) is 5.91 Å². The van der Waals surface area contributed by atoms with Crippen LogP contribution in [-0.4, -0.2) is 46.2 Å². The highest BCUT2D eigenvalue weighted by Crippen LogP contribution is 2.14. The Bertz CT molecular complexity index is 904. The molecule has 0 spiro atoms. The maximum absolute atomic E-state index is 12.5. The molecule has 0 fully saturated rings. The van der Waals surface area contributed by atoms with Gasteiger partial charge in [-0.1, -0.05) is 0 Å². The van der Waals surface area contributed by atoms with Gasteiger partial charge in [0.05, 0.1) is 30.9 Å². The number of furan rings is 1. The van der Waals surface area contributed by atoms with Gasteiger partial charge in [0.15, 0.2) is 4.96 Å². The van der Waals surface area contributed by atoms with Gasteiger partial charge >= 0.3 is 0 Å². The average Bonchev–Trinajstić information content (AvgIpc) is 3.30. The van der Waals surface area contributed by atoms with E-state index < -0.39 is 0 Å². The maximum Gasteiger partial charge on any atom is 0.258 e. The van der Waals surface area contributed by atoms with E-state index in [0.717, 1.165) is 5.76 Å². The third-order valence-corrected chi connectivity index (χ3v) is 5.38. The molecular formula is C17H19N3O4S2. The highest BCUT2D eigenvalue weighted by atomic mass is 32.2. The van der Waals surface area contributed by atoms with Crippen LogP contribution in [0.5, 0.6) is 0 Å². The standard InChI is InChI=1S/C17H19N3O4S2/c1-23-7-4-19(10-14-3-2-6-24-14)16(22)12-25-11-13-9-15(21)20-5-8-26-17(20)18-13/h2-3,5-6,8-9H,4,7,10-12H2,1H3. The van der Waals surface area contributed by atoms with Gasteiger partial charge in [0, 0.05) is 37.1 Å². The molecule has 3 aromatic rings. The second-order valence-electron chi connectivity index (χ2n) is 5.52. The highest BCUT2D eigenvalue weighted by molar-refractivity contribution is 7.99. The molecule has 9 heteroatoms. The summed E-state index contributed by atoms with van der Waals surface area (Å²) in [5.74, 6) is 1.54. The number of hydrogen-bond donors (Lipinski definition) is 0. The Morgan fingerprint density at radius 3 is 3.15 bits per heavy atom. The van der Waals surface area contributed by atoms with E-state index in [1.165, 1.54) is 33.6 Å². The van der Waals surface area contributed by atoms with Crippen LogP contribution in [0.1, 0.15) is 11.5 Å². The summed E-state index contributed by atoms with van der Waals surface area (Å²) >= 11 is 2.85. The van der Waals surface area contributed by atoms with Crippen LogP contribution < -0.4 is 5.56 Å². The van der Waals surface area contributed by atoms with Gasteiger partial charge in [0.1, 0.15) is 5.76 Å². The zero-order valence-corrected chi connectivity index (χ0v) is 15.9. The Hall–Kier alpha value is -2.10. The number of thioether (sulfide) groups is 1. The molecule has 0 aliphatic rings. The van der Waals surface area contributed by atoms with Gasteiger partial charge in [-0.25, -0.2) is 4.98 Å². The Labute approximate surface area is 158 Å². The SMILES string of the molecule is COCCN(Cc1ccco1)C(=O)CSCc1cc(=O)n2ccsc2n1. The first-order valence-corrected chi connectivity index (χ1v) is 10.0.